The molecule has 2 aromatic rings. The van der Waals surface area contributed by atoms with Crippen molar-refractivity contribution in [3.8, 4) is 0 Å². The lowest BCUT2D eigenvalue weighted by Gasteiger charge is -2.08. The average molecular weight is 259 g/mol. The van der Waals surface area contributed by atoms with Crippen molar-refractivity contribution in [1.82, 2.24) is 0 Å². The van der Waals surface area contributed by atoms with Crippen LogP contribution in [-0.2, 0) is 0 Å². The Hall–Kier alpha value is -1.60. The number of hydrogen-bond donors (Lipinski definition) is 0. The summed E-state index contributed by atoms with van der Waals surface area (Å²) in [6.07, 6.45) is 0. The van der Waals surface area contributed by atoms with Crippen molar-refractivity contribution in [3.05, 3.63) is 69.2 Å². The lowest BCUT2D eigenvalue weighted by atomic mass is 9.97. The van der Waals surface area contributed by atoms with E-state index in [0.717, 1.165) is 16.7 Å². The van der Waals surface area contributed by atoms with Crippen LogP contribution in [0.3, 0.4) is 0 Å². The van der Waals surface area contributed by atoms with Crippen LogP contribution in [0.25, 0.3) is 0 Å². The Morgan fingerprint density at radius 3 is 2.00 bits per heavy atom. The van der Waals surface area contributed by atoms with Gasteiger partial charge in [-0.25, -0.2) is 0 Å². The van der Waals surface area contributed by atoms with Gasteiger partial charge in [0.05, 0.1) is 5.02 Å². The molecule has 2 heteroatoms. The highest BCUT2D eigenvalue weighted by molar-refractivity contribution is 6.35. The largest absolute Gasteiger partial charge is 0.289 e. The quantitative estimate of drug-likeness (QED) is 0.725. The Morgan fingerprint density at radius 1 is 0.889 bits per heavy atom. The predicted octanol–water partition coefficient (Wildman–Crippen LogP) is 4.50. The van der Waals surface area contributed by atoms with Gasteiger partial charge in [0.2, 0.25) is 0 Å². The molecule has 18 heavy (non-hydrogen) atoms. The molecule has 0 saturated heterocycles. The van der Waals surface area contributed by atoms with Gasteiger partial charge in [-0.2, -0.15) is 0 Å². The molecule has 0 atom stereocenters. The topological polar surface area (TPSA) is 17.1 Å². The Kier molecular flexibility index (Phi) is 3.53. The van der Waals surface area contributed by atoms with E-state index in [-0.39, 0.29) is 5.78 Å². The Balaban J connectivity index is 2.48. The van der Waals surface area contributed by atoms with E-state index >= 15 is 0 Å². The molecule has 0 N–H and O–H groups in total. The lowest BCUT2D eigenvalue weighted by molar-refractivity contribution is 0.103. The number of rotatable bonds is 2. The smallest absolute Gasteiger partial charge is 0.194 e. The maximum Gasteiger partial charge on any atom is 0.194 e. The molecule has 0 unspecified atom stereocenters. The number of benzene rings is 2. The van der Waals surface area contributed by atoms with Crippen LogP contribution >= 0.6 is 11.6 Å². The lowest BCUT2D eigenvalue weighted by Crippen LogP contribution is -2.04. The van der Waals surface area contributed by atoms with E-state index in [1.807, 2.05) is 51.1 Å². The second-order valence-corrected chi connectivity index (χ2v) is 5.04. The Morgan fingerprint density at radius 2 is 1.44 bits per heavy atom. The van der Waals surface area contributed by atoms with Crippen LogP contribution in [0.5, 0.6) is 0 Å². The summed E-state index contributed by atoms with van der Waals surface area (Å²) < 4.78 is 0. The van der Waals surface area contributed by atoms with Crippen molar-refractivity contribution >= 4 is 17.4 Å². The molecule has 2 rings (SSSR count). The zero-order chi connectivity index (χ0) is 13.3. The van der Waals surface area contributed by atoms with Crippen LogP contribution in [0.2, 0.25) is 5.02 Å². The number of halogens is 1. The molecular weight excluding hydrogens is 244 g/mol. The highest BCUT2D eigenvalue weighted by Crippen LogP contribution is 2.22. The second-order valence-electron chi connectivity index (χ2n) is 4.63. The molecule has 0 radical (unpaired) electrons. The molecule has 0 aromatic heterocycles. The van der Waals surface area contributed by atoms with Crippen LogP contribution in [-0.4, -0.2) is 5.78 Å². The standard InChI is InChI=1S/C16H15ClO/c1-10-4-6-13(12(3)8-10)16(18)14-7-5-11(2)9-15(14)17/h4-9H,1-3H3. The van der Waals surface area contributed by atoms with Gasteiger partial charge in [-0.15, -0.1) is 0 Å². The van der Waals surface area contributed by atoms with Crippen LogP contribution in [0.1, 0.15) is 32.6 Å². The van der Waals surface area contributed by atoms with Crippen molar-refractivity contribution in [3.63, 3.8) is 0 Å². The highest BCUT2D eigenvalue weighted by atomic mass is 35.5. The van der Waals surface area contributed by atoms with Gasteiger partial charge in [0.25, 0.3) is 0 Å². The molecule has 0 fully saturated rings. The van der Waals surface area contributed by atoms with Crippen LogP contribution in [0, 0.1) is 20.8 Å². The normalized spacial score (nSPS) is 10.4. The minimum Gasteiger partial charge on any atom is -0.289 e. The summed E-state index contributed by atoms with van der Waals surface area (Å²) in [7, 11) is 0. The highest BCUT2D eigenvalue weighted by Gasteiger charge is 2.14. The number of ketones is 1. The van der Waals surface area contributed by atoms with E-state index in [1.165, 1.54) is 0 Å². The number of aryl methyl sites for hydroxylation is 3. The molecule has 0 aliphatic heterocycles. The zero-order valence-corrected chi connectivity index (χ0v) is 11.5. The van der Waals surface area contributed by atoms with Gasteiger partial charge >= 0.3 is 0 Å². The molecule has 92 valence electrons. The van der Waals surface area contributed by atoms with E-state index < -0.39 is 0 Å². The molecule has 2 aromatic carbocycles. The molecule has 0 bridgehead atoms. The molecule has 0 spiro atoms. The number of carbonyl (C=O) groups is 1. The molecule has 0 aliphatic rings. The minimum absolute atomic E-state index is 0.0162. The molecule has 0 saturated carbocycles. The third-order valence-corrected chi connectivity index (χ3v) is 3.31. The Bertz CT molecular complexity index is 561. The van der Waals surface area contributed by atoms with Crippen molar-refractivity contribution < 1.29 is 4.79 Å². The van der Waals surface area contributed by atoms with Gasteiger partial charge in [-0.05, 0) is 44.0 Å². The summed E-state index contributed by atoms with van der Waals surface area (Å²) in [4.78, 5) is 12.4. The predicted molar refractivity (Wildman–Crippen MR) is 75.5 cm³/mol. The fourth-order valence-electron chi connectivity index (χ4n) is 2.02. The molecule has 0 amide bonds. The summed E-state index contributed by atoms with van der Waals surface area (Å²) in [5, 5.41) is 0.514. The van der Waals surface area contributed by atoms with Crippen molar-refractivity contribution in [1.29, 1.82) is 0 Å². The van der Waals surface area contributed by atoms with Gasteiger partial charge in [0, 0.05) is 11.1 Å². The zero-order valence-electron chi connectivity index (χ0n) is 10.8. The fraction of sp³-hybridized carbons (Fsp3) is 0.188. The molecule has 1 nitrogen and oxygen atoms in total. The average Bonchev–Trinajstić information content (AvgIpc) is 2.28. The third-order valence-electron chi connectivity index (χ3n) is 3.00. The van der Waals surface area contributed by atoms with Crippen molar-refractivity contribution in [2.24, 2.45) is 0 Å². The first-order valence-electron chi connectivity index (χ1n) is 5.87. The molecule has 0 heterocycles. The second kappa shape index (κ2) is 4.95. The van der Waals surface area contributed by atoms with E-state index in [4.69, 9.17) is 11.6 Å². The van der Waals surface area contributed by atoms with Crippen molar-refractivity contribution in [2.45, 2.75) is 20.8 Å². The molecular formula is C16H15ClO. The SMILES string of the molecule is Cc1ccc(C(=O)c2ccc(C)cc2Cl)c(C)c1. The van der Waals surface area contributed by atoms with Gasteiger partial charge in [0.15, 0.2) is 5.78 Å². The summed E-state index contributed by atoms with van der Waals surface area (Å²) in [5.74, 6) is -0.0162. The maximum absolute atomic E-state index is 12.4. The third kappa shape index (κ3) is 2.46. The van der Waals surface area contributed by atoms with Crippen LogP contribution in [0.4, 0.5) is 0 Å². The van der Waals surface area contributed by atoms with E-state index in [0.29, 0.717) is 16.1 Å². The van der Waals surface area contributed by atoms with E-state index in [2.05, 4.69) is 0 Å². The monoisotopic (exact) mass is 258 g/mol. The van der Waals surface area contributed by atoms with E-state index in [9.17, 15) is 4.79 Å². The fourth-order valence-corrected chi connectivity index (χ4v) is 2.34. The van der Waals surface area contributed by atoms with Gasteiger partial charge < -0.3 is 0 Å². The number of hydrogen-bond acceptors (Lipinski definition) is 1. The van der Waals surface area contributed by atoms with Gasteiger partial charge in [-0.3, -0.25) is 4.79 Å². The van der Waals surface area contributed by atoms with Gasteiger partial charge in [-0.1, -0.05) is 41.4 Å². The first-order chi connectivity index (χ1) is 8.49. The first-order valence-corrected chi connectivity index (χ1v) is 6.25. The summed E-state index contributed by atoms with van der Waals surface area (Å²) in [5.41, 5.74) is 4.47. The summed E-state index contributed by atoms with van der Waals surface area (Å²) in [6.45, 7) is 5.92. The minimum atomic E-state index is -0.0162. The van der Waals surface area contributed by atoms with Gasteiger partial charge in [0.1, 0.15) is 0 Å². The van der Waals surface area contributed by atoms with Crippen molar-refractivity contribution in [2.75, 3.05) is 0 Å². The van der Waals surface area contributed by atoms with E-state index in [1.54, 1.807) is 6.07 Å². The summed E-state index contributed by atoms with van der Waals surface area (Å²) >= 11 is 6.14. The van der Waals surface area contributed by atoms with Crippen LogP contribution in [0.15, 0.2) is 36.4 Å². The summed E-state index contributed by atoms with van der Waals surface area (Å²) in [6, 6.07) is 11.3. The first kappa shape index (κ1) is 12.8. The van der Waals surface area contributed by atoms with Crippen LogP contribution < -0.4 is 0 Å². The number of carbonyl (C=O) groups excluding carboxylic acids is 1. The Labute approximate surface area is 112 Å². The molecule has 0 aliphatic carbocycles. The maximum atomic E-state index is 12.4.